The van der Waals surface area contributed by atoms with Crippen LogP contribution in [0.25, 0.3) is 0 Å². The maximum Gasteiger partial charge on any atom is 0.319 e. The van der Waals surface area contributed by atoms with Crippen LogP contribution in [0.5, 0.6) is 0 Å². The van der Waals surface area contributed by atoms with E-state index in [0.717, 1.165) is 0 Å². The van der Waals surface area contributed by atoms with Gasteiger partial charge in [-0.3, -0.25) is 9.69 Å². The average molecular weight is 233 g/mol. The Morgan fingerprint density at radius 3 is 2.65 bits per heavy atom. The highest BCUT2D eigenvalue weighted by Gasteiger charge is 2.15. The van der Waals surface area contributed by atoms with Gasteiger partial charge in [0.05, 0.1) is 13.7 Å². The Labute approximate surface area is 103 Å². The van der Waals surface area contributed by atoms with Crippen molar-refractivity contribution in [2.24, 2.45) is 0 Å². The number of benzene rings is 1. The molecule has 3 nitrogen and oxygen atoms in total. The van der Waals surface area contributed by atoms with E-state index in [1.54, 1.807) is 0 Å². The average Bonchev–Trinajstić information content (AvgIpc) is 2.38. The molecule has 0 spiro atoms. The molecule has 1 rings (SSSR count). The summed E-state index contributed by atoms with van der Waals surface area (Å²) in [5, 5.41) is 0. The van der Waals surface area contributed by atoms with Crippen molar-refractivity contribution in [3.8, 4) is 0 Å². The molecule has 0 saturated carbocycles. The minimum absolute atomic E-state index is 0.134. The Kier molecular flexibility index (Phi) is 5.43. The molecule has 0 aliphatic heterocycles. The third-order valence-corrected chi connectivity index (χ3v) is 2.71. The van der Waals surface area contributed by atoms with Crippen molar-refractivity contribution in [2.45, 2.75) is 19.5 Å². The molecule has 1 unspecified atom stereocenters. The third kappa shape index (κ3) is 4.41. The van der Waals surface area contributed by atoms with Crippen molar-refractivity contribution < 1.29 is 9.53 Å². The Balaban J connectivity index is 2.70. The van der Waals surface area contributed by atoms with Crippen LogP contribution in [0.15, 0.2) is 43.0 Å². The summed E-state index contributed by atoms with van der Waals surface area (Å²) >= 11 is 0. The highest BCUT2D eigenvalue weighted by molar-refractivity contribution is 5.71. The normalized spacial score (nSPS) is 12.2. The Morgan fingerprint density at radius 1 is 1.47 bits per heavy atom. The van der Waals surface area contributed by atoms with Gasteiger partial charge in [-0.15, -0.1) is 6.58 Å². The first-order chi connectivity index (χ1) is 8.17. The second-order valence-electron chi connectivity index (χ2n) is 3.94. The number of carbonyl (C=O) groups excluding carboxylic acids is 1. The van der Waals surface area contributed by atoms with E-state index in [2.05, 4.69) is 6.58 Å². The van der Waals surface area contributed by atoms with Crippen molar-refractivity contribution in [3.05, 3.63) is 48.6 Å². The van der Waals surface area contributed by atoms with Gasteiger partial charge in [-0.05, 0) is 12.5 Å². The molecule has 92 valence electrons. The van der Waals surface area contributed by atoms with Gasteiger partial charge >= 0.3 is 5.97 Å². The first-order valence-electron chi connectivity index (χ1n) is 5.64. The molecule has 1 atom stereocenters. The molecular weight excluding hydrogens is 214 g/mol. The maximum atomic E-state index is 11.3. The molecule has 0 radical (unpaired) electrons. The zero-order valence-corrected chi connectivity index (χ0v) is 10.4. The van der Waals surface area contributed by atoms with Gasteiger partial charge in [-0.25, -0.2) is 0 Å². The van der Waals surface area contributed by atoms with Crippen molar-refractivity contribution in [1.29, 1.82) is 0 Å². The Bertz CT molecular complexity index is 362. The monoisotopic (exact) mass is 233 g/mol. The van der Waals surface area contributed by atoms with Crippen molar-refractivity contribution >= 4 is 5.97 Å². The zero-order valence-electron chi connectivity index (χ0n) is 10.4. The van der Waals surface area contributed by atoms with Crippen LogP contribution in [0.2, 0.25) is 0 Å². The standard InChI is InChI=1S/C14H19NO2/c1-4-12(2)15(11-14(16)17-3)10-13-8-6-5-7-9-13/h4-9,12H,1,10-11H2,2-3H3. The molecule has 0 bridgehead atoms. The minimum atomic E-state index is -0.227. The van der Waals surface area contributed by atoms with E-state index >= 15 is 0 Å². The van der Waals surface area contributed by atoms with Crippen LogP contribution in [0.4, 0.5) is 0 Å². The highest BCUT2D eigenvalue weighted by atomic mass is 16.5. The first kappa shape index (κ1) is 13.5. The number of esters is 1. The lowest BCUT2D eigenvalue weighted by atomic mass is 10.2. The minimum Gasteiger partial charge on any atom is -0.468 e. The van der Waals surface area contributed by atoms with Gasteiger partial charge in [0.1, 0.15) is 0 Å². The summed E-state index contributed by atoms with van der Waals surface area (Å²) in [6.45, 7) is 6.76. The van der Waals surface area contributed by atoms with Crippen molar-refractivity contribution in [2.75, 3.05) is 13.7 Å². The number of ether oxygens (including phenoxy) is 1. The molecule has 0 fully saturated rings. The molecule has 3 heteroatoms. The number of carbonyl (C=O) groups is 1. The number of rotatable bonds is 6. The fourth-order valence-electron chi connectivity index (χ4n) is 1.54. The molecule has 0 saturated heterocycles. The van der Waals surface area contributed by atoms with Crippen LogP contribution in [0.1, 0.15) is 12.5 Å². The SMILES string of the molecule is C=CC(C)N(CC(=O)OC)Cc1ccccc1. The highest BCUT2D eigenvalue weighted by Crippen LogP contribution is 2.08. The van der Waals surface area contributed by atoms with Crippen LogP contribution in [0.3, 0.4) is 0 Å². The van der Waals surface area contributed by atoms with Crippen LogP contribution < -0.4 is 0 Å². The molecule has 0 aromatic heterocycles. The van der Waals surface area contributed by atoms with Gasteiger partial charge in [0.2, 0.25) is 0 Å². The van der Waals surface area contributed by atoms with E-state index in [9.17, 15) is 4.79 Å². The van der Waals surface area contributed by atoms with E-state index < -0.39 is 0 Å². The van der Waals surface area contributed by atoms with Crippen LogP contribution >= 0.6 is 0 Å². The largest absolute Gasteiger partial charge is 0.468 e. The molecule has 0 amide bonds. The summed E-state index contributed by atoms with van der Waals surface area (Å²) in [7, 11) is 1.40. The fourth-order valence-corrected chi connectivity index (χ4v) is 1.54. The lowest BCUT2D eigenvalue weighted by molar-refractivity contribution is -0.142. The number of hydrogen-bond donors (Lipinski definition) is 0. The quantitative estimate of drug-likeness (QED) is 0.557. The Morgan fingerprint density at radius 2 is 2.12 bits per heavy atom. The van der Waals surface area contributed by atoms with Gasteiger partial charge in [-0.2, -0.15) is 0 Å². The lowest BCUT2D eigenvalue weighted by Crippen LogP contribution is -2.36. The smallest absolute Gasteiger partial charge is 0.319 e. The number of hydrogen-bond acceptors (Lipinski definition) is 3. The number of nitrogens with zero attached hydrogens (tertiary/aromatic N) is 1. The van der Waals surface area contributed by atoms with E-state index in [4.69, 9.17) is 4.74 Å². The second-order valence-corrected chi connectivity index (χ2v) is 3.94. The van der Waals surface area contributed by atoms with Crippen molar-refractivity contribution in [1.82, 2.24) is 4.90 Å². The summed E-state index contributed by atoms with van der Waals surface area (Å²) in [5.74, 6) is -0.227. The second kappa shape index (κ2) is 6.86. The van der Waals surface area contributed by atoms with Crippen LogP contribution in [-0.2, 0) is 16.1 Å². The summed E-state index contributed by atoms with van der Waals surface area (Å²) in [4.78, 5) is 13.4. The van der Waals surface area contributed by atoms with E-state index in [1.165, 1.54) is 12.7 Å². The van der Waals surface area contributed by atoms with Crippen LogP contribution in [0, 0.1) is 0 Å². The lowest BCUT2D eigenvalue weighted by Gasteiger charge is -2.25. The molecular formula is C14H19NO2. The maximum absolute atomic E-state index is 11.3. The van der Waals surface area contributed by atoms with Gasteiger partial charge in [0.15, 0.2) is 0 Å². The molecule has 17 heavy (non-hydrogen) atoms. The summed E-state index contributed by atoms with van der Waals surface area (Å²) in [6.07, 6.45) is 1.83. The van der Waals surface area contributed by atoms with E-state index in [-0.39, 0.29) is 18.6 Å². The fraction of sp³-hybridized carbons (Fsp3) is 0.357. The third-order valence-electron chi connectivity index (χ3n) is 2.71. The molecule has 0 heterocycles. The van der Waals surface area contributed by atoms with Gasteiger partial charge in [0.25, 0.3) is 0 Å². The topological polar surface area (TPSA) is 29.5 Å². The van der Waals surface area contributed by atoms with Crippen LogP contribution in [-0.4, -0.2) is 30.6 Å². The first-order valence-corrected chi connectivity index (χ1v) is 5.64. The predicted molar refractivity (Wildman–Crippen MR) is 68.5 cm³/mol. The molecule has 0 N–H and O–H groups in total. The number of methoxy groups -OCH3 is 1. The van der Waals surface area contributed by atoms with Crippen molar-refractivity contribution in [3.63, 3.8) is 0 Å². The predicted octanol–water partition coefficient (Wildman–Crippen LogP) is 2.24. The molecule has 1 aromatic rings. The Hall–Kier alpha value is -1.61. The van der Waals surface area contributed by atoms with Gasteiger partial charge < -0.3 is 4.74 Å². The van der Waals surface area contributed by atoms with Gasteiger partial charge in [0, 0.05) is 12.6 Å². The zero-order chi connectivity index (χ0) is 12.7. The molecule has 1 aromatic carbocycles. The van der Waals surface area contributed by atoms with E-state index in [0.29, 0.717) is 6.54 Å². The molecule has 0 aliphatic carbocycles. The summed E-state index contributed by atoms with van der Waals surface area (Å²) < 4.78 is 4.70. The van der Waals surface area contributed by atoms with Gasteiger partial charge in [-0.1, -0.05) is 36.4 Å². The summed E-state index contributed by atoms with van der Waals surface area (Å²) in [5.41, 5.74) is 1.17. The summed E-state index contributed by atoms with van der Waals surface area (Å²) in [6, 6.07) is 10.2. The van der Waals surface area contributed by atoms with E-state index in [1.807, 2.05) is 48.2 Å². The molecule has 0 aliphatic rings.